The van der Waals surface area contributed by atoms with Crippen molar-refractivity contribution >= 4 is 30.1 Å². The first-order valence-electron chi connectivity index (χ1n) is 8.86. The molecule has 2 heterocycles. The fraction of sp³-hybridized carbons (Fsp3) is 0.611. The number of halogens is 1. The quantitative estimate of drug-likeness (QED) is 0.807. The smallest absolute Gasteiger partial charge is 0.399 e. The van der Waals surface area contributed by atoms with E-state index in [0.717, 1.165) is 31.4 Å². The number of piperidine rings is 1. The maximum absolute atomic E-state index is 12.5. The second-order valence-electron chi connectivity index (χ2n) is 7.84. The fourth-order valence-electron chi connectivity index (χ4n) is 3.08. The zero-order valence-corrected chi connectivity index (χ0v) is 16.1. The third-order valence-corrected chi connectivity index (χ3v) is 5.71. The molecule has 0 saturated carbocycles. The van der Waals surface area contributed by atoms with Crippen LogP contribution in [0.15, 0.2) is 18.2 Å². The van der Waals surface area contributed by atoms with Gasteiger partial charge in [0.15, 0.2) is 0 Å². The average Bonchev–Trinajstić information content (AvgIpc) is 2.76. The maximum atomic E-state index is 12.5. The minimum absolute atomic E-state index is 0.140. The predicted octanol–water partition coefficient (Wildman–Crippen LogP) is 2.12. The molecule has 0 aliphatic carbocycles. The molecule has 25 heavy (non-hydrogen) atoms. The monoisotopic (exact) mass is 364 g/mol. The van der Waals surface area contributed by atoms with Crippen LogP contribution in [0.5, 0.6) is 0 Å². The molecule has 0 bridgehead atoms. The molecule has 7 heteroatoms. The minimum atomic E-state index is -0.484. The highest BCUT2D eigenvalue weighted by Crippen LogP contribution is 2.36. The van der Waals surface area contributed by atoms with Crippen LogP contribution in [0, 0.1) is 0 Å². The van der Waals surface area contributed by atoms with Crippen molar-refractivity contribution in [1.82, 2.24) is 10.6 Å². The number of benzene rings is 1. The van der Waals surface area contributed by atoms with E-state index in [9.17, 15) is 4.79 Å². The molecule has 1 aromatic carbocycles. The van der Waals surface area contributed by atoms with Gasteiger partial charge in [0.1, 0.15) is 0 Å². The molecule has 2 fully saturated rings. The average molecular weight is 365 g/mol. The molecule has 2 saturated heterocycles. The highest BCUT2D eigenvalue weighted by atomic mass is 35.5. The zero-order valence-electron chi connectivity index (χ0n) is 15.3. The number of hydrogen-bond acceptors (Lipinski definition) is 4. The third-order valence-electron chi connectivity index (χ3n) is 5.40. The van der Waals surface area contributed by atoms with E-state index in [1.807, 2.05) is 33.8 Å². The van der Waals surface area contributed by atoms with Crippen LogP contribution in [0.3, 0.4) is 0 Å². The Morgan fingerprint density at radius 3 is 2.52 bits per heavy atom. The SMILES string of the molecule is CC1(C)OB(c2ccc(C(=O)N[C@@H]3CCCNC3)c(Cl)c2)OC1(C)C. The molecule has 2 N–H and O–H groups in total. The van der Waals surface area contributed by atoms with Crippen LogP contribution < -0.4 is 16.1 Å². The Labute approximate surface area is 154 Å². The lowest BCUT2D eigenvalue weighted by atomic mass is 9.79. The van der Waals surface area contributed by atoms with Crippen molar-refractivity contribution in [3.8, 4) is 0 Å². The van der Waals surface area contributed by atoms with Crippen molar-refractivity contribution in [1.29, 1.82) is 0 Å². The summed E-state index contributed by atoms with van der Waals surface area (Å²) in [6, 6.07) is 5.51. The van der Waals surface area contributed by atoms with Crippen LogP contribution in [0.25, 0.3) is 0 Å². The predicted molar refractivity (Wildman–Crippen MR) is 101 cm³/mol. The Balaban J connectivity index is 1.72. The van der Waals surface area contributed by atoms with Crippen molar-refractivity contribution in [2.45, 2.75) is 57.8 Å². The first-order valence-corrected chi connectivity index (χ1v) is 9.24. The Kier molecular flexibility index (Phi) is 5.17. The van der Waals surface area contributed by atoms with E-state index < -0.39 is 18.3 Å². The Hall–Kier alpha value is -1.08. The third kappa shape index (κ3) is 3.87. The first-order chi connectivity index (χ1) is 11.7. The number of hydrogen-bond donors (Lipinski definition) is 2. The van der Waals surface area contributed by atoms with Gasteiger partial charge in [0.05, 0.1) is 21.8 Å². The van der Waals surface area contributed by atoms with Gasteiger partial charge in [-0.3, -0.25) is 4.79 Å². The molecule has 5 nitrogen and oxygen atoms in total. The molecule has 2 aliphatic heterocycles. The summed E-state index contributed by atoms with van der Waals surface area (Å²) in [7, 11) is -0.484. The number of amides is 1. The summed E-state index contributed by atoms with van der Waals surface area (Å²) in [5, 5.41) is 6.74. The summed E-state index contributed by atoms with van der Waals surface area (Å²) in [6.07, 6.45) is 2.06. The lowest BCUT2D eigenvalue weighted by molar-refractivity contribution is 0.00578. The van der Waals surface area contributed by atoms with Crippen molar-refractivity contribution in [3.05, 3.63) is 28.8 Å². The maximum Gasteiger partial charge on any atom is 0.494 e. The number of rotatable bonds is 3. The summed E-state index contributed by atoms with van der Waals surface area (Å²) in [6.45, 7) is 9.85. The van der Waals surface area contributed by atoms with Crippen LogP contribution >= 0.6 is 11.6 Å². The van der Waals surface area contributed by atoms with Crippen LogP contribution in [0.1, 0.15) is 50.9 Å². The topological polar surface area (TPSA) is 59.6 Å². The lowest BCUT2D eigenvalue weighted by Crippen LogP contribution is -2.45. The molecule has 0 spiro atoms. The van der Waals surface area contributed by atoms with Crippen molar-refractivity contribution in [3.63, 3.8) is 0 Å². The van der Waals surface area contributed by atoms with Crippen molar-refractivity contribution in [2.24, 2.45) is 0 Å². The first kappa shape index (κ1) is 18.7. The van der Waals surface area contributed by atoms with Gasteiger partial charge in [-0.15, -0.1) is 0 Å². The number of carbonyl (C=O) groups is 1. The number of carbonyl (C=O) groups excluding carboxylic acids is 1. The molecule has 1 atom stereocenters. The normalized spacial score (nSPS) is 25.0. The molecule has 1 aromatic rings. The highest BCUT2D eigenvalue weighted by molar-refractivity contribution is 6.62. The minimum Gasteiger partial charge on any atom is -0.399 e. The molecular formula is C18H26BClN2O3. The second-order valence-corrected chi connectivity index (χ2v) is 8.25. The lowest BCUT2D eigenvalue weighted by Gasteiger charge is -2.32. The van der Waals surface area contributed by atoms with E-state index in [1.54, 1.807) is 12.1 Å². The van der Waals surface area contributed by atoms with Gasteiger partial charge < -0.3 is 19.9 Å². The van der Waals surface area contributed by atoms with Crippen LogP contribution in [0.4, 0.5) is 0 Å². The largest absolute Gasteiger partial charge is 0.494 e. The Bertz CT molecular complexity index is 644. The van der Waals surface area contributed by atoms with E-state index in [2.05, 4.69) is 10.6 Å². The van der Waals surface area contributed by atoms with Gasteiger partial charge in [-0.2, -0.15) is 0 Å². The second kappa shape index (κ2) is 6.91. The molecule has 136 valence electrons. The van der Waals surface area contributed by atoms with Gasteiger partial charge in [-0.25, -0.2) is 0 Å². The van der Waals surface area contributed by atoms with Gasteiger partial charge in [-0.05, 0) is 64.7 Å². The van der Waals surface area contributed by atoms with E-state index in [1.165, 1.54) is 0 Å². The molecule has 0 unspecified atom stereocenters. The summed E-state index contributed by atoms with van der Waals surface area (Å²) < 4.78 is 12.1. The van der Waals surface area contributed by atoms with E-state index in [0.29, 0.717) is 10.6 Å². The van der Waals surface area contributed by atoms with Crippen LogP contribution in [-0.4, -0.2) is 43.4 Å². The van der Waals surface area contributed by atoms with Gasteiger partial charge in [0.2, 0.25) is 0 Å². The zero-order chi connectivity index (χ0) is 18.2. The van der Waals surface area contributed by atoms with Gasteiger partial charge >= 0.3 is 7.12 Å². The fourth-order valence-corrected chi connectivity index (χ4v) is 3.35. The number of nitrogens with one attached hydrogen (secondary N) is 2. The summed E-state index contributed by atoms with van der Waals surface area (Å²) in [5.74, 6) is -0.140. The van der Waals surface area contributed by atoms with E-state index in [-0.39, 0.29) is 11.9 Å². The van der Waals surface area contributed by atoms with E-state index in [4.69, 9.17) is 20.9 Å². The van der Waals surface area contributed by atoms with Gasteiger partial charge in [-0.1, -0.05) is 17.7 Å². The van der Waals surface area contributed by atoms with Crippen LogP contribution in [0.2, 0.25) is 5.02 Å². The van der Waals surface area contributed by atoms with Gasteiger partial charge in [0.25, 0.3) is 5.91 Å². The highest BCUT2D eigenvalue weighted by Gasteiger charge is 2.51. The van der Waals surface area contributed by atoms with Crippen molar-refractivity contribution in [2.75, 3.05) is 13.1 Å². The Morgan fingerprint density at radius 1 is 1.28 bits per heavy atom. The standard InChI is InChI=1S/C18H26BClN2O3/c1-17(2)18(3,4)25-19(24-17)12-7-8-14(15(20)10-12)16(23)22-13-6-5-9-21-11-13/h7-8,10,13,21H,5-6,9,11H2,1-4H3,(H,22,23)/t13-/m1/s1. The summed E-state index contributed by atoms with van der Waals surface area (Å²) >= 11 is 6.37. The molecular weight excluding hydrogens is 338 g/mol. The molecule has 0 radical (unpaired) electrons. The molecule has 1 amide bonds. The van der Waals surface area contributed by atoms with Gasteiger partial charge in [0, 0.05) is 12.6 Å². The molecule has 2 aliphatic rings. The van der Waals surface area contributed by atoms with E-state index >= 15 is 0 Å². The molecule has 3 rings (SSSR count). The van der Waals surface area contributed by atoms with Crippen LogP contribution in [-0.2, 0) is 9.31 Å². The Morgan fingerprint density at radius 2 is 1.96 bits per heavy atom. The molecule has 0 aromatic heterocycles. The van der Waals surface area contributed by atoms with Crippen molar-refractivity contribution < 1.29 is 14.1 Å². The summed E-state index contributed by atoms with van der Waals surface area (Å²) in [5.41, 5.74) is 0.481. The summed E-state index contributed by atoms with van der Waals surface area (Å²) in [4.78, 5) is 12.5.